The maximum atomic E-state index is 12.8. The second-order valence-corrected chi connectivity index (χ2v) is 9.03. The van der Waals surface area contributed by atoms with E-state index in [1.165, 1.54) is 0 Å². The number of hydrogen-bond donors (Lipinski definition) is 2. The van der Waals surface area contributed by atoms with Crippen LogP contribution >= 0.6 is 11.6 Å². The van der Waals surface area contributed by atoms with E-state index in [0.717, 1.165) is 31.1 Å². The summed E-state index contributed by atoms with van der Waals surface area (Å²) in [6.07, 6.45) is 4.85. The van der Waals surface area contributed by atoms with Gasteiger partial charge in [0.25, 0.3) is 0 Å². The number of pyridine rings is 1. The molecule has 2 fully saturated rings. The maximum absolute atomic E-state index is 12.8. The third kappa shape index (κ3) is 4.36. The summed E-state index contributed by atoms with van der Waals surface area (Å²) in [6, 6.07) is 2.83. The molecule has 1 amide bonds. The second-order valence-electron chi connectivity index (χ2n) is 8.59. The number of amides is 1. The van der Waals surface area contributed by atoms with Crippen LogP contribution in [0.4, 0.5) is 19.0 Å². The lowest BCUT2D eigenvalue weighted by molar-refractivity contribution is -0.139. The van der Waals surface area contributed by atoms with Gasteiger partial charge in [0.05, 0.1) is 5.02 Å². The number of rotatable bonds is 4. The van der Waals surface area contributed by atoms with Gasteiger partial charge < -0.3 is 15.2 Å². The SMILES string of the molecule is O=C(NCC(F)(F)F)[C@@H]1CC2CCCC[C@@H]2N1c1ccnc(-c2c[nH]c3ncc(Cl)cc23)n1. The summed E-state index contributed by atoms with van der Waals surface area (Å²) < 4.78 is 38.2. The number of carbonyl (C=O) groups is 1. The molecule has 33 heavy (non-hydrogen) atoms. The molecule has 1 saturated heterocycles. The number of halogens is 4. The summed E-state index contributed by atoms with van der Waals surface area (Å²) in [5.41, 5.74) is 1.35. The van der Waals surface area contributed by atoms with Gasteiger partial charge in [-0.1, -0.05) is 24.4 Å². The van der Waals surface area contributed by atoms with Crippen LogP contribution in [0, 0.1) is 5.92 Å². The normalized spacial score (nSPS) is 23.0. The molecule has 3 atom stereocenters. The van der Waals surface area contributed by atoms with Crippen LogP contribution in [0.15, 0.2) is 30.7 Å². The van der Waals surface area contributed by atoms with E-state index in [2.05, 4.69) is 20.3 Å². The van der Waals surface area contributed by atoms with Crippen molar-refractivity contribution in [3.63, 3.8) is 0 Å². The molecule has 0 aromatic carbocycles. The molecular weight excluding hydrogens is 457 g/mol. The van der Waals surface area contributed by atoms with E-state index in [4.69, 9.17) is 16.6 Å². The average Bonchev–Trinajstić information content (AvgIpc) is 3.38. The Morgan fingerprint density at radius 2 is 2.09 bits per heavy atom. The quantitative estimate of drug-likeness (QED) is 0.577. The fraction of sp³-hybridized carbons (Fsp3) is 0.455. The minimum atomic E-state index is -4.46. The summed E-state index contributed by atoms with van der Waals surface area (Å²) in [7, 11) is 0. The van der Waals surface area contributed by atoms with Crippen LogP contribution in [-0.2, 0) is 4.79 Å². The molecule has 1 saturated carbocycles. The van der Waals surface area contributed by atoms with Gasteiger partial charge in [-0.2, -0.15) is 13.2 Å². The molecule has 4 heterocycles. The van der Waals surface area contributed by atoms with Crippen molar-refractivity contribution in [2.45, 2.75) is 50.4 Å². The zero-order valence-electron chi connectivity index (χ0n) is 17.6. The van der Waals surface area contributed by atoms with Gasteiger partial charge in [0.15, 0.2) is 5.82 Å². The number of carbonyl (C=O) groups excluding carboxylic acids is 1. The molecule has 7 nitrogen and oxygen atoms in total. The number of anilines is 1. The smallest absolute Gasteiger partial charge is 0.345 e. The molecule has 11 heteroatoms. The molecule has 0 bridgehead atoms. The summed E-state index contributed by atoms with van der Waals surface area (Å²) in [6.45, 7) is -1.34. The fourth-order valence-electron chi connectivity index (χ4n) is 5.11. The van der Waals surface area contributed by atoms with Crippen molar-refractivity contribution in [1.29, 1.82) is 0 Å². The van der Waals surface area contributed by atoms with Gasteiger partial charge >= 0.3 is 6.18 Å². The summed E-state index contributed by atoms with van der Waals surface area (Å²) in [4.78, 5) is 31.2. The molecule has 2 N–H and O–H groups in total. The summed E-state index contributed by atoms with van der Waals surface area (Å²) in [5, 5.41) is 3.31. The lowest BCUT2D eigenvalue weighted by Crippen LogP contribution is -2.49. The maximum Gasteiger partial charge on any atom is 0.405 e. The van der Waals surface area contributed by atoms with Gasteiger partial charge in [0, 0.05) is 35.6 Å². The van der Waals surface area contributed by atoms with Crippen LogP contribution in [0.2, 0.25) is 5.02 Å². The summed E-state index contributed by atoms with van der Waals surface area (Å²) >= 11 is 6.11. The number of aromatic amines is 1. The fourth-order valence-corrected chi connectivity index (χ4v) is 5.27. The predicted molar refractivity (Wildman–Crippen MR) is 118 cm³/mol. The van der Waals surface area contributed by atoms with Gasteiger partial charge in [0.2, 0.25) is 5.91 Å². The highest BCUT2D eigenvalue weighted by Crippen LogP contribution is 2.42. The summed E-state index contributed by atoms with van der Waals surface area (Å²) in [5.74, 6) is 0.585. The molecule has 0 spiro atoms. The second kappa shape index (κ2) is 8.48. The first-order valence-corrected chi connectivity index (χ1v) is 11.3. The molecule has 2 aliphatic rings. The molecule has 1 unspecified atom stereocenters. The van der Waals surface area contributed by atoms with Crippen molar-refractivity contribution in [3.8, 4) is 11.4 Å². The third-order valence-corrected chi connectivity index (χ3v) is 6.70. The Bertz CT molecular complexity index is 1180. The molecule has 0 radical (unpaired) electrons. The average molecular weight is 479 g/mol. The first-order valence-electron chi connectivity index (χ1n) is 10.9. The number of H-pyrrole nitrogens is 1. The lowest BCUT2D eigenvalue weighted by atomic mass is 9.84. The molecule has 3 aromatic rings. The lowest BCUT2D eigenvalue weighted by Gasteiger charge is -2.34. The number of nitrogens with one attached hydrogen (secondary N) is 2. The van der Waals surface area contributed by atoms with Crippen molar-refractivity contribution < 1.29 is 18.0 Å². The van der Waals surface area contributed by atoms with E-state index in [-0.39, 0.29) is 12.0 Å². The van der Waals surface area contributed by atoms with Crippen LogP contribution < -0.4 is 10.2 Å². The Morgan fingerprint density at radius 1 is 1.27 bits per heavy atom. The molecule has 1 aliphatic heterocycles. The molecule has 1 aliphatic carbocycles. The first kappa shape index (κ1) is 21.9. The van der Waals surface area contributed by atoms with Crippen LogP contribution in [0.3, 0.4) is 0 Å². The highest BCUT2D eigenvalue weighted by molar-refractivity contribution is 6.31. The van der Waals surface area contributed by atoms with Gasteiger partial charge in [0.1, 0.15) is 24.1 Å². The predicted octanol–water partition coefficient (Wildman–Crippen LogP) is 4.49. The first-order chi connectivity index (χ1) is 15.8. The highest BCUT2D eigenvalue weighted by Gasteiger charge is 2.46. The van der Waals surface area contributed by atoms with E-state index in [1.54, 1.807) is 30.7 Å². The number of nitrogens with zero attached hydrogens (tertiary/aromatic N) is 4. The minimum absolute atomic E-state index is 0.0576. The van der Waals surface area contributed by atoms with Crippen LogP contribution in [0.5, 0.6) is 0 Å². The molecule has 3 aromatic heterocycles. The zero-order chi connectivity index (χ0) is 23.2. The van der Waals surface area contributed by atoms with E-state index in [9.17, 15) is 18.0 Å². The van der Waals surface area contributed by atoms with Crippen molar-refractivity contribution in [1.82, 2.24) is 25.3 Å². The molecule has 5 rings (SSSR count). The van der Waals surface area contributed by atoms with Crippen molar-refractivity contribution in [2.75, 3.05) is 11.4 Å². The Morgan fingerprint density at radius 3 is 2.91 bits per heavy atom. The number of fused-ring (bicyclic) bond motifs is 2. The van der Waals surface area contributed by atoms with E-state index in [0.29, 0.717) is 34.3 Å². The monoisotopic (exact) mass is 478 g/mol. The van der Waals surface area contributed by atoms with E-state index in [1.807, 2.05) is 4.90 Å². The Kier molecular flexibility index (Phi) is 5.64. The van der Waals surface area contributed by atoms with Crippen molar-refractivity contribution in [3.05, 3.63) is 35.7 Å². The largest absolute Gasteiger partial charge is 0.405 e. The zero-order valence-corrected chi connectivity index (χ0v) is 18.3. The minimum Gasteiger partial charge on any atom is -0.345 e. The van der Waals surface area contributed by atoms with Gasteiger partial charge in [-0.25, -0.2) is 15.0 Å². The van der Waals surface area contributed by atoms with Crippen LogP contribution in [0.25, 0.3) is 22.4 Å². The Hall–Kier alpha value is -2.88. The number of aromatic nitrogens is 4. The van der Waals surface area contributed by atoms with Gasteiger partial charge in [-0.15, -0.1) is 0 Å². The van der Waals surface area contributed by atoms with Gasteiger partial charge in [-0.05, 0) is 37.3 Å². The van der Waals surface area contributed by atoms with Crippen LogP contribution in [0.1, 0.15) is 32.1 Å². The number of hydrogen-bond acceptors (Lipinski definition) is 5. The Balaban J connectivity index is 1.50. The number of alkyl halides is 3. The van der Waals surface area contributed by atoms with Crippen LogP contribution in [-0.4, -0.2) is 50.6 Å². The van der Waals surface area contributed by atoms with Crippen molar-refractivity contribution in [2.24, 2.45) is 5.92 Å². The highest BCUT2D eigenvalue weighted by atomic mass is 35.5. The molecular formula is C22H22ClF3N6O. The molecule has 174 valence electrons. The van der Waals surface area contributed by atoms with Gasteiger partial charge in [-0.3, -0.25) is 4.79 Å². The standard InChI is InChI=1S/C22H22ClF3N6O/c23-13-8-14-15(10-29-19(14)28-9-13)20-27-6-5-18(31-20)32-16-4-2-1-3-12(16)7-17(32)21(33)30-11-22(24,25)26/h5-6,8-10,12,16-17H,1-4,7,11H2,(H,28,29)(H,30,33)/t12?,16-,17-/m0/s1. The van der Waals surface area contributed by atoms with Crippen molar-refractivity contribution >= 4 is 34.4 Å². The van der Waals surface area contributed by atoms with E-state index >= 15 is 0 Å². The Labute approximate surface area is 192 Å². The third-order valence-electron chi connectivity index (χ3n) is 6.50. The topological polar surface area (TPSA) is 86.8 Å². The van der Waals surface area contributed by atoms with E-state index < -0.39 is 24.7 Å².